The minimum absolute atomic E-state index is 0.339. The Balaban J connectivity index is 2.95. The molecule has 1 atom stereocenters. The van der Waals surface area contributed by atoms with Crippen LogP contribution in [0.3, 0.4) is 0 Å². The van der Waals surface area contributed by atoms with Gasteiger partial charge in [-0.25, -0.2) is 0 Å². The van der Waals surface area contributed by atoms with Gasteiger partial charge in [0, 0.05) is 0 Å². The molecule has 0 fully saturated rings. The van der Waals surface area contributed by atoms with Gasteiger partial charge >= 0.3 is 0 Å². The lowest BCUT2D eigenvalue weighted by molar-refractivity contribution is 0.521. The molecule has 0 spiro atoms. The van der Waals surface area contributed by atoms with Gasteiger partial charge in [0.15, 0.2) is 0 Å². The Morgan fingerprint density at radius 2 is 0.640 bits per heavy atom. The van der Waals surface area contributed by atoms with Gasteiger partial charge < -0.3 is 0 Å². The highest BCUT2D eigenvalue weighted by Gasteiger charge is 1.95. The van der Waals surface area contributed by atoms with Gasteiger partial charge in [0.05, 0.1) is 0 Å². The molecule has 0 radical (unpaired) electrons. The lowest BCUT2D eigenvalue weighted by Crippen LogP contribution is -1.84. The van der Waals surface area contributed by atoms with Crippen LogP contribution in [-0.4, -0.2) is 6.16 Å². The maximum absolute atomic E-state index is 5.06. The van der Waals surface area contributed by atoms with Gasteiger partial charge in [0.2, 0.25) is 0 Å². The van der Waals surface area contributed by atoms with E-state index in [4.69, 9.17) is 11.8 Å². The highest BCUT2D eigenvalue weighted by Crippen LogP contribution is 2.15. The molecular weight excluding hydrogens is 339 g/mol. The van der Waals surface area contributed by atoms with Crippen LogP contribution >= 0.6 is 7.36 Å². The first-order valence-corrected chi connectivity index (χ1v) is 14.6. The second kappa shape index (κ2) is 24.7. The zero-order valence-corrected chi connectivity index (χ0v) is 19.5. The van der Waals surface area contributed by atoms with E-state index >= 15 is 0 Å². The predicted octanol–water partition coefficient (Wildman–Crippen LogP) is 9.07. The zero-order valence-electron chi connectivity index (χ0n) is 17.5. The second-order valence-corrected chi connectivity index (χ2v) is 9.94. The average molecular weight is 389 g/mol. The van der Waals surface area contributed by atoms with E-state index in [1.807, 2.05) is 0 Å². The Bertz CT molecular complexity index is 242. The monoisotopic (exact) mass is 388 g/mol. The lowest BCUT2D eigenvalue weighted by atomic mass is 10.0. The molecule has 0 nitrogen and oxygen atoms in total. The molecule has 2 heteroatoms. The van der Waals surface area contributed by atoms with Gasteiger partial charge in [-0.2, -0.15) is 0 Å². The molecule has 0 N–H and O–H groups in total. The standard InChI is InChI=1S/C23H49PS/c1-2-3-4-5-6-7-8-9-10-11-12-13-14-15-16-17-18-19-20-21-22-23-24-25/h2-24H2,1H3. The number of rotatable bonds is 22. The topological polar surface area (TPSA) is 0 Å². The quantitative estimate of drug-likeness (QED) is 0.132. The molecule has 0 aromatic heterocycles. The Hall–Kier alpha value is 0.650. The highest BCUT2D eigenvalue weighted by molar-refractivity contribution is 7.96. The van der Waals surface area contributed by atoms with Crippen LogP contribution in [0, 0.1) is 0 Å². The van der Waals surface area contributed by atoms with Crippen LogP contribution in [0.1, 0.15) is 142 Å². The fourth-order valence-corrected chi connectivity index (χ4v) is 4.61. The molecule has 0 saturated heterocycles. The van der Waals surface area contributed by atoms with Gasteiger partial charge in [-0.05, 0) is 12.6 Å². The minimum atomic E-state index is 0.339. The van der Waals surface area contributed by atoms with Crippen molar-refractivity contribution in [2.24, 2.45) is 0 Å². The molecule has 1 unspecified atom stereocenters. The molecule has 0 aromatic rings. The molecule has 0 saturated carbocycles. The molecular formula is C23H49PS. The highest BCUT2D eigenvalue weighted by atomic mass is 32.4. The summed E-state index contributed by atoms with van der Waals surface area (Å²) in [5.41, 5.74) is 0. The third-order valence-corrected chi connectivity index (χ3v) is 6.78. The third-order valence-electron chi connectivity index (χ3n) is 5.43. The number of hydrogen-bond acceptors (Lipinski definition) is 1. The first-order valence-electron chi connectivity index (χ1n) is 11.9. The van der Waals surface area contributed by atoms with E-state index < -0.39 is 0 Å². The Morgan fingerprint density at radius 3 is 0.880 bits per heavy atom. The van der Waals surface area contributed by atoms with Gasteiger partial charge in [-0.1, -0.05) is 143 Å². The van der Waals surface area contributed by atoms with Crippen molar-refractivity contribution in [2.75, 3.05) is 6.16 Å². The predicted molar refractivity (Wildman–Crippen MR) is 125 cm³/mol. The first kappa shape index (κ1) is 25.6. The molecule has 0 heterocycles. The fraction of sp³-hybridized carbons (Fsp3) is 1.00. The first-order chi connectivity index (χ1) is 12.4. The van der Waals surface area contributed by atoms with Gasteiger partial charge in [0.1, 0.15) is 0 Å². The largest absolute Gasteiger partial charge is 0.104 e. The summed E-state index contributed by atoms with van der Waals surface area (Å²) in [7, 11) is 0.339. The third kappa shape index (κ3) is 24.6. The van der Waals surface area contributed by atoms with Crippen LogP contribution in [0.2, 0.25) is 0 Å². The van der Waals surface area contributed by atoms with Crippen LogP contribution < -0.4 is 0 Å². The molecule has 0 aliphatic heterocycles. The SMILES string of the molecule is CCCCCCCCCCCCCCCCCCCCCCC[PH2]=S. The number of hydrogen-bond donors (Lipinski definition) is 0. The van der Waals surface area contributed by atoms with Crippen molar-refractivity contribution in [3.8, 4) is 0 Å². The van der Waals surface area contributed by atoms with Crippen molar-refractivity contribution in [1.82, 2.24) is 0 Å². The van der Waals surface area contributed by atoms with Crippen molar-refractivity contribution < 1.29 is 0 Å². The number of unbranched alkanes of at least 4 members (excludes halogenated alkanes) is 20. The molecule has 0 aromatic carbocycles. The summed E-state index contributed by atoms with van der Waals surface area (Å²) in [6.45, 7) is 2.30. The average Bonchev–Trinajstić information content (AvgIpc) is 2.63. The Morgan fingerprint density at radius 1 is 0.400 bits per heavy atom. The molecule has 0 bridgehead atoms. The summed E-state index contributed by atoms with van der Waals surface area (Å²) in [4.78, 5) is 0. The molecule has 0 amide bonds. The van der Waals surface area contributed by atoms with Crippen molar-refractivity contribution in [2.45, 2.75) is 142 Å². The van der Waals surface area contributed by atoms with E-state index in [1.165, 1.54) is 141 Å². The van der Waals surface area contributed by atoms with E-state index in [1.54, 1.807) is 0 Å². The summed E-state index contributed by atoms with van der Waals surface area (Å²) in [5.74, 6) is 0. The fourth-order valence-electron chi connectivity index (χ4n) is 3.66. The summed E-state index contributed by atoms with van der Waals surface area (Å²) < 4.78 is 0. The molecule has 0 rings (SSSR count). The van der Waals surface area contributed by atoms with E-state index in [9.17, 15) is 0 Å². The van der Waals surface area contributed by atoms with E-state index in [2.05, 4.69) is 6.92 Å². The van der Waals surface area contributed by atoms with Crippen molar-refractivity contribution in [3.63, 3.8) is 0 Å². The normalized spacial score (nSPS) is 11.7. The second-order valence-electron chi connectivity index (χ2n) is 8.03. The Kier molecular flexibility index (Phi) is 25.3. The van der Waals surface area contributed by atoms with Crippen molar-refractivity contribution in [1.29, 1.82) is 0 Å². The molecule has 25 heavy (non-hydrogen) atoms. The van der Waals surface area contributed by atoms with Crippen LogP contribution in [0.5, 0.6) is 0 Å². The van der Waals surface area contributed by atoms with Gasteiger partial charge in [-0.15, -0.1) is 11.8 Å². The minimum Gasteiger partial charge on any atom is -0.104 e. The maximum atomic E-state index is 5.06. The van der Waals surface area contributed by atoms with Crippen LogP contribution in [0.25, 0.3) is 0 Å². The van der Waals surface area contributed by atoms with Crippen molar-refractivity contribution >= 4 is 19.2 Å². The van der Waals surface area contributed by atoms with Crippen molar-refractivity contribution in [3.05, 3.63) is 0 Å². The Labute approximate surface area is 167 Å². The van der Waals surface area contributed by atoms with E-state index in [0.29, 0.717) is 7.36 Å². The van der Waals surface area contributed by atoms with Crippen LogP contribution in [-0.2, 0) is 11.8 Å². The van der Waals surface area contributed by atoms with E-state index in [0.717, 1.165) is 0 Å². The summed E-state index contributed by atoms with van der Waals surface area (Å²) in [5, 5.41) is 0. The molecule has 152 valence electrons. The smallest absolute Gasteiger partial charge is 0.0286 e. The van der Waals surface area contributed by atoms with Gasteiger partial charge in [0.25, 0.3) is 0 Å². The summed E-state index contributed by atoms with van der Waals surface area (Å²) in [6, 6.07) is 0. The van der Waals surface area contributed by atoms with Gasteiger partial charge in [-0.3, -0.25) is 0 Å². The summed E-state index contributed by atoms with van der Waals surface area (Å²) in [6.07, 6.45) is 32.1. The zero-order chi connectivity index (χ0) is 18.3. The summed E-state index contributed by atoms with van der Waals surface area (Å²) >= 11 is 5.06. The van der Waals surface area contributed by atoms with Crippen LogP contribution in [0.15, 0.2) is 0 Å². The van der Waals surface area contributed by atoms with E-state index in [-0.39, 0.29) is 0 Å². The lowest BCUT2D eigenvalue weighted by Gasteiger charge is -2.04. The maximum Gasteiger partial charge on any atom is -0.0286 e. The van der Waals surface area contributed by atoms with Crippen LogP contribution in [0.4, 0.5) is 0 Å². The molecule has 0 aliphatic carbocycles. The molecule has 0 aliphatic rings.